The molecule has 0 aromatic heterocycles. The zero-order valence-corrected chi connectivity index (χ0v) is 30.0. The molecule has 0 radical (unpaired) electrons. The number of amides is 4. The van der Waals surface area contributed by atoms with Crippen LogP contribution >= 0.6 is 27.5 Å². The summed E-state index contributed by atoms with van der Waals surface area (Å²) in [5.74, 6) is -5.84. The number of phenols is 1. The van der Waals surface area contributed by atoms with Gasteiger partial charge in [0.15, 0.2) is 11.5 Å². The summed E-state index contributed by atoms with van der Waals surface area (Å²) >= 11 is 9.86. The van der Waals surface area contributed by atoms with Crippen LogP contribution in [0.25, 0.3) is 0 Å². The molecule has 1 saturated carbocycles. The van der Waals surface area contributed by atoms with E-state index in [0.717, 1.165) is 10.5 Å². The number of hydrogen-bond acceptors (Lipinski definition) is 8. The van der Waals surface area contributed by atoms with Crippen molar-refractivity contribution in [3.05, 3.63) is 123 Å². The van der Waals surface area contributed by atoms with E-state index in [-0.39, 0.29) is 35.5 Å². The minimum absolute atomic E-state index is 0.0959. The lowest BCUT2D eigenvalue weighted by Crippen LogP contribution is -2.53. The SMILES string of the molecule is COc1cc([C@H]2C3=CC[C@@H]4C(=O)N(c5cccc(B(O)O)c5)C(=O)[C@@H]4[C@@H]3C[C@H]3C(=O)N(c4cccc(Cl)c4)C(=O)[C@@]23c2ccccc2)cc(Br)c1O. The zero-order chi connectivity index (χ0) is 36.6. The third kappa shape index (κ3) is 4.92. The molecule has 3 fully saturated rings. The van der Waals surface area contributed by atoms with Crippen LogP contribution in [0.15, 0.2) is 107 Å². The molecule has 6 atom stereocenters. The molecule has 13 heteroatoms. The largest absolute Gasteiger partial charge is 0.503 e. The molecule has 52 heavy (non-hydrogen) atoms. The molecule has 2 aliphatic heterocycles. The van der Waals surface area contributed by atoms with E-state index in [1.54, 1.807) is 48.5 Å². The standard InChI is InChI=1S/C39H31BBrClN2O8/c1-52-31-16-20(15-30(41)34(31)45)33-26-13-14-27-32(37(48)43(35(27)46)24-11-5-9-22(17-24)40(50)51)28(26)19-29-36(47)44(25-12-6-10-23(42)18-25)38(49)39(29,33)21-7-3-2-4-8-21/h2-13,15-18,27-29,32-33,45,50-51H,14,19H2,1H3/t27-,28+,29-,32-,33-,39+/m0/s1. The summed E-state index contributed by atoms with van der Waals surface area (Å²) in [5, 5.41) is 30.9. The lowest BCUT2D eigenvalue weighted by molar-refractivity contribution is -0.127. The number of carbonyl (C=O) groups is 4. The first-order valence-corrected chi connectivity index (χ1v) is 18.0. The number of allylic oxidation sites excluding steroid dienone is 2. The van der Waals surface area contributed by atoms with E-state index in [2.05, 4.69) is 15.9 Å². The first-order chi connectivity index (χ1) is 25.0. The Morgan fingerprint density at radius 2 is 1.56 bits per heavy atom. The molecule has 0 spiro atoms. The number of halogens is 2. The van der Waals surface area contributed by atoms with Gasteiger partial charge >= 0.3 is 7.12 Å². The Kier molecular flexibility index (Phi) is 8.41. The van der Waals surface area contributed by atoms with Gasteiger partial charge < -0.3 is 19.9 Å². The highest BCUT2D eigenvalue weighted by molar-refractivity contribution is 9.10. The Hall–Kier alpha value is -4.75. The molecule has 3 N–H and O–H groups in total. The van der Waals surface area contributed by atoms with Crippen molar-refractivity contribution in [3.8, 4) is 11.5 Å². The number of ether oxygens (including phenoxy) is 1. The van der Waals surface area contributed by atoms with Crippen molar-refractivity contribution < 1.29 is 39.1 Å². The van der Waals surface area contributed by atoms with Gasteiger partial charge in [-0.05, 0) is 93.7 Å². The van der Waals surface area contributed by atoms with Crippen LogP contribution in [-0.4, -0.2) is 53.0 Å². The number of aromatic hydroxyl groups is 1. The van der Waals surface area contributed by atoms with Crippen molar-refractivity contribution in [2.75, 3.05) is 16.9 Å². The molecule has 0 unspecified atom stereocenters. The predicted octanol–water partition coefficient (Wildman–Crippen LogP) is 4.86. The minimum atomic E-state index is -1.80. The van der Waals surface area contributed by atoms with E-state index in [1.165, 1.54) is 24.1 Å². The summed E-state index contributed by atoms with van der Waals surface area (Å²) in [5.41, 5.74) is 1.06. The Bertz CT molecular complexity index is 2220. The third-order valence-electron chi connectivity index (χ3n) is 11.2. The summed E-state index contributed by atoms with van der Waals surface area (Å²) in [4.78, 5) is 61.2. The van der Waals surface area contributed by atoms with Gasteiger partial charge in [-0.2, -0.15) is 0 Å². The molecule has 2 saturated heterocycles. The maximum absolute atomic E-state index is 15.4. The number of methoxy groups -OCH3 is 1. The average Bonchev–Trinajstić information content (AvgIpc) is 3.53. The van der Waals surface area contributed by atoms with E-state index < -0.39 is 65.8 Å². The van der Waals surface area contributed by atoms with Crippen LogP contribution in [0.4, 0.5) is 11.4 Å². The Balaban J connectivity index is 1.36. The number of phenolic OH excluding ortho intramolecular Hbond substituents is 1. The molecule has 4 aromatic carbocycles. The van der Waals surface area contributed by atoms with E-state index in [1.807, 2.05) is 36.4 Å². The number of rotatable bonds is 6. The fourth-order valence-corrected chi connectivity index (χ4v) is 9.76. The molecule has 8 rings (SSSR count). The molecule has 262 valence electrons. The van der Waals surface area contributed by atoms with Gasteiger partial charge in [-0.1, -0.05) is 71.8 Å². The van der Waals surface area contributed by atoms with Crippen LogP contribution in [0.3, 0.4) is 0 Å². The molecular weight excluding hydrogens is 751 g/mol. The Morgan fingerprint density at radius 1 is 0.846 bits per heavy atom. The molecule has 2 aliphatic carbocycles. The number of anilines is 2. The first kappa shape index (κ1) is 34.3. The van der Waals surface area contributed by atoms with Gasteiger partial charge in [-0.3, -0.25) is 24.1 Å². The fourth-order valence-electron chi connectivity index (χ4n) is 9.11. The van der Waals surface area contributed by atoms with Gasteiger partial charge in [0.1, 0.15) is 0 Å². The maximum atomic E-state index is 15.4. The molecular formula is C39H31BBrClN2O8. The van der Waals surface area contributed by atoms with Crippen molar-refractivity contribution in [1.29, 1.82) is 0 Å². The second kappa shape index (κ2) is 12.7. The second-order valence-electron chi connectivity index (χ2n) is 13.6. The number of carbonyl (C=O) groups excluding carboxylic acids is 4. The van der Waals surface area contributed by atoms with Crippen LogP contribution in [-0.2, 0) is 24.6 Å². The number of imide groups is 2. The number of benzene rings is 4. The van der Waals surface area contributed by atoms with Crippen LogP contribution in [0, 0.1) is 23.7 Å². The lowest BCUT2D eigenvalue weighted by atomic mass is 9.49. The topological polar surface area (TPSA) is 145 Å². The van der Waals surface area contributed by atoms with Gasteiger partial charge in [-0.15, -0.1) is 0 Å². The van der Waals surface area contributed by atoms with Crippen molar-refractivity contribution in [2.24, 2.45) is 23.7 Å². The summed E-state index contributed by atoms with van der Waals surface area (Å²) in [6.07, 6.45) is 2.23. The third-order valence-corrected chi connectivity index (χ3v) is 12.0. The van der Waals surface area contributed by atoms with E-state index in [0.29, 0.717) is 26.3 Å². The van der Waals surface area contributed by atoms with E-state index in [4.69, 9.17) is 16.3 Å². The maximum Gasteiger partial charge on any atom is 0.488 e. The summed E-state index contributed by atoms with van der Waals surface area (Å²) in [6.45, 7) is 0. The van der Waals surface area contributed by atoms with Gasteiger partial charge in [0, 0.05) is 10.9 Å². The highest BCUT2D eigenvalue weighted by atomic mass is 79.9. The molecule has 4 aromatic rings. The van der Waals surface area contributed by atoms with Crippen LogP contribution in [0.5, 0.6) is 11.5 Å². The number of fused-ring (bicyclic) bond motifs is 4. The Morgan fingerprint density at radius 3 is 2.25 bits per heavy atom. The van der Waals surface area contributed by atoms with Gasteiger partial charge in [0.05, 0.1) is 46.1 Å². The molecule has 4 aliphatic rings. The smallest absolute Gasteiger partial charge is 0.488 e. The highest BCUT2D eigenvalue weighted by Crippen LogP contribution is 2.65. The van der Waals surface area contributed by atoms with Crippen molar-refractivity contribution in [1.82, 2.24) is 0 Å². The van der Waals surface area contributed by atoms with Crippen molar-refractivity contribution in [2.45, 2.75) is 24.2 Å². The highest BCUT2D eigenvalue weighted by Gasteiger charge is 2.70. The van der Waals surface area contributed by atoms with Gasteiger partial charge in [0.25, 0.3) is 0 Å². The van der Waals surface area contributed by atoms with Crippen molar-refractivity contribution in [3.63, 3.8) is 0 Å². The lowest BCUT2D eigenvalue weighted by Gasteiger charge is -2.50. The van der Waals surface area contributed by atoms with Gasteiger partial charge in [-0.25, -0.2) is 4.90 Å². The van der Waals surface area contributed by atoms with Crippen LogP contribution < -0.4 is 20.0 Å². The fraction of sp³-hybridized carbons (Fsp3) is 0.231. The molecule has 2 heterocycles. The Labute approximate surface area is 312 Å². The number of hydrogen-bond donors (Lipinski definition) is 3. The molecule has 10 nitrogen and oxygen atoms in total. The van der Waals surface area contributed by atoms with Crippen molar-refractivity contribution >= 4 is 75.1 Å². The quantitative estimate of drug-likeness (QED) is 0.143. The van der Waals surface area contributed by atoms with Crippen LogP contribution in [0.1, 0.15) is 29.9 Å². The summed E-state index contributed by atoms with van der Waals surface area (Å²) < 4.78 is 5.88. The second-order valence-corrected chi connectivity index (χ2v) is 14.9. The first-order valence-electron chi connectivity index (χ1n) is 16.8. The zero-order valence-electron chi connectivity index (χ0n) is 27.6. The average molecular weight is 782 g/mol. The van der Waals surface area contributed by atoms with Crippen LogP contribution in [0.2, 0.25) is 5.02 Å². The minimum Gasteiger partial charge on any atom is -0.503 e. The van der Waals surface area contributed by atoms with E-state index >= 15 is 4.79 Å². The van der Waals surface area contributed by atoms with E-state index in [9.17, 15) is 29.5 Å². The summed E-state index contributed by atoms with van der Waals surface area (Å²) in [6, 6.07) is 25.0. The number of nitrogens with zero attached hydrogens (tertiary/aromatic N) is 2. The predicted molar refractivity (Wildman–Crippen MR) is 197 cm³/mol. The van der Waals surface area contributed by atoms with Gasteiger partial charge in [0.2, 0.25) is 23.6 Å². The normalized spacial score (nSPS) is 26.6. The molecule has 4 amide bonds. The molecule has 0 bridgehead atoms. The monoisotopic (exact) mass is 780 g/mol. The summed E-state index contributed by atoms with van der Waals surface area (Å²) in [7, 11) is -0.383.